The second-order valence-electron chi connectivity index (χ2n) is 6.81. The molecule has 0 spiro atoms. The van der Waals surface area contributed by atoms with E-state index in [1.54, 1.807) is 6.07 Å². The number of benzene rings is 2. The first kappa shape index (κ1) is 19.5. The topological polar surface area (TPSA) is 49.4 Å². The van der Waals surface area contributed by atoms with Crippen LogP contribution in [0.25, 0.3) is 0 Å². The number of para-hydroxylation sites is 1. The highest BCUT2D eigenvalue weighted by atomic mass is 32.2. The Morgan fingerprint density at radius 2 is 1.56 bits per heavy atom. The van der Waals surface area contributed by atoms with Crippen molar-refractivity contribution < 1.29 is 9.59 Å². The normalized spacial score (nSPS) is 15.7. The molecule has 1 aliphatic rings. The highest BCUT2D eigenvalue weighted by molar-refractivity contribution is 8.00. The van der Waals surface area contributed by atoms with Crippen LogP contribution in [0.1, 0.15) is 43.0 Å². The molecule has 1 atom stereocenters. The highest BCUT2D eigenvalue weighted by Gasteiger charge is 2.22. The van der Waals surface area contributed by atoms with E-state index in [9.17, 15) is 9.59 Å². The Morgan fingerprint density at radius 3 is 2.26 bits per heavy atom. The Hall–Kier alpha value is -2.27. The molecule has 0 aromatic heterocycles. The Kier molecular flexibility index (Phi) is 6.93. The molecule has 0 aliphatic carbocycles. The Morgan fingerprint density at radius 1 is 0.926 bits per heavy atom. The number of carbonyl (C=O) groups is 2. The highest BCUT2D eigenvalue weighted by Crippen LogP contribution is 2.25. The molecule has 1 aliphatic heterocycles. The first-order chi connectivity index (χ1) is 13.1. The number of likely N-dealkylation sites (tertiary alicyclic amines) is 1. The monoisotopic (exact) mass is 382 g/mol. The van der Waals surface area contributed by atoms with Crippen LogP contribution < -0.4 is 5.32 Å². The number of nitrogens with one attached hydrogen (secondary N) is 1. The van der Waals surface area contributed by atoms with Gasteiger partial charge in [0.05, 0.1) is 16.5 Å². The zero-order valence-corrected chi connectivity index (χ0v) is 16.5. The summed E-state index contributed by atoms with van der Waals surface area (Å²) in [5, 5.41) is 2.70. The molecule has 0 radical (unpaired) electrons. The fourth-order valence-corrected chi connectivity index (χ4v) is 4.10. The Balaban J connectivity index is 1.69. The van der Waals surface area contributed by atoms with Crippen molar-refractivity contribution in [1.29, 1.82) is 0 Å². The summed E-state index contributed by atoms with van der Waals surface area (Å²) in [5.41, 5.74) is 1.17. The van der Waals surface area contributed by atoms with E-state index in [-0.39, 0.29) is 17.1 Å². The minimum absolute atomic E-state index is 0.0103. The molecule has 4 nitrogen and oxygen atoms in total. The van der Waals surface area contributed by atoms with Crippen LogP contribution in [0, 0.1) is 0 Å². The third-order valence-corrected chi connectivity index (χ3v) is 5.85. The molecule has 1 heterocycles. The molecule has 142 valence electrons. The zero-order chi connectivity index (χ0) is 19.1. The summed E-state index contributed by atoms with van der Waals surface area (Å²) in [6.07, 6.45) is 4.45. The van der Waals surface area contributed by atoms with Gasteiger partial charge in [-0.1, -0.05) is 43.2 Å². The fraction of sp³-hybridized carbons (Fsp3) is 0.364. The number of anilines is 1. The van der Waals surface area contributed by atoms with Gasteiger partial charge in [-0.2, -0.15) is 0 Å². The third kappa shape index (κ3) is 5.36. The lowest BCUT2D eigenvalue weighted by atomic mass is 10.1. The predicted octanol–water partition coefficient (Wildman–Crippen LogP) is 4.82. The molecule has 0 saturated carbocycles. The van der Waals surface area contributed by atoms with E-state index in [1.807, 2.05) is 60.4 Å². The van der Waals surface area contributed by atoms with Crippen LogP contribution in [-0.2, 0) is 4.79 Å². The predicted molar refractivity (Wildman–Crippen MR) is 111 cm³/mol. The number of carbonyl (C=O) groups excluding carboxylic acids is 2. The molecule has 2 amide bonds. The minimum Gasteiger partial charge on any atom is -0.339 e. The average Bonchev–Trinajstić information content (AvgIpc) is 2.98. The molecule has 1 saturated heterocycles. The van der Waals surface area contributed by atoms with E-state index in [0.29, 0.717) is 11.3 Å². The maximum Gasteiger partial charge on any atom is 0.255 e. The van der Waals surface area contributed by atoms with Gasteiger partial charge in [0, 0.05) is 18.0 Å². The molecule has 5 heteroatoms. The summed E-state index contributed by atoms with van der Waals surface area (Å²) < 4.78 is 0. The number of nitrogens with zero attached hydrogens (tertiary/aromatic N) is 1. The number of hydrogen-bond acceptors (Lipinski definition) is 3. The van der Waals surface area contributed by atoms with E-state index in [2.05, 4.69) is 5.32 Å². The van der Waals surface area contributed by atoms with E-state index >= 15 is 0 Å². The Bertz CT molecular complexity index is 771. The van der Waals surface area contributed by atoms with Crippen LogP contribution in [0.2, 0.25) is 0 Å². The van der Waals surface area contributed by atoms with Crippen molar-refractivity contribution >= 4 is 29.3 Å². The zero-order valence-electron chi connectivity index (χ0n) is 15.7. The smallest absolute Gasteiger partial charge is 0.255 e. The molecule has 2 aromatic carbocycles. The van der Waals surface area contributed by atoms with Gasteiger partial charge < -0.3 is 10.2 Å². The van der Waals surface area contributed by atoms with Crippen molar-refractivity contribution in [3.05, 3.63) is 60.2 Å². The molecular formula is C22H26N2O2S. The molecule has 0 unspecified atom stereocenters. The third-order valence-electron chi connectivity index (χ3n) is 4.73. The van der Waals surface area contributed by atoms with Gasteiger partial charge in [0.25, 0.3) is 5.91 Å². The van der Waals surface area contributed by atoms with Crippen LogP contribution in [0.5, 0.6) is 0 Å². The summed E-state index contributed by atoms with van der Waals surface area (Å²) in [6, 6.07) is 17.2. The number of thioether (sulfide) groups is 1. The Labute approximate surface area is 165 Å². The van der Waals surface area contributed by atoms with E-state index in [0.717, 1.165) is 30.8 Å². The van der Waals surface area contributed by atoms with E-state index in [1.165, 1.54) is 24.6 Å². The summed E-state index contributed by atoms with van der Waals surface area (Å²) >= 11 is 1.51. The van der Waals surface area contributed by atoms with Gasteiger partial charge in [0.2, 0.25) is 5.91 Å². The summed E-state index contributed by atoms with van der Waals surface area (Å²) in [5.74, 6) is -0.0869. The summed E-state index contributed by atoms with van der Waals surface area (Å²) in [6.45, 7) is 3.47. The second kappa shape index (κ2) is 9.60. The van der Waals surface area contributed by atoms with Crippen molar-refractivity contribution in [3.8, 4) is 0 Å². The largest absolute Gasteiger partial charge is 0.339 e. The van der Waals surface area contributed by atoms with Crippen molar-refractivity contribution in [2.75, 3.05) is 18.4 Å². The fourth-order valence-electron chi connectivity index (χ4n) is 3.21. The molecule has 0 bridgehead atoms. The lowest BCUT2D eigenvalue weighted by Crippen LogP contribution is -2.33. The molecule has 1 fully saturated rings. The van der Waals surface area contributed by atoms with Crippen LogP contribution >= 0.6 is 11.8 Å². The molecule has 27 heavy (non-hydrogen) atoms. The maximum absolute atomic E-state index is 13.0. The van der Waals surface area contributed by atoms with Crippen molar-refractivity contribution in [2.24, 2.45) is 0 Å². The number of hydrogen-bond donors (Lipinski definition) is 1. The second-order valence-corrected chi connectivity index (χ2v) is 8.23. The molecule has 1 N–H and O–H groups in total. The minimum atomic E-state index is -0.256. The number of amides is 2. The average molecular weight is 383 g/mol. The quantitative estimate of drug-likeness (QED) is 0.754. The van der Waals surface area contributed by atoms with Gasteiger partial charge in [-0.25, -0.2) is 0 Å². The van der Waals surface area contributed by atoms with Crippen LogP contribution in [0.15, 0.2) is 59.5 Å². The van der Waals surface area contributed by atoms with Crippen LogP contribution in [-0.4, -0.2) is 35.1 Å². The number of rotatable bonds is 5. The summed E-state index contributed by atoms with van der Waals surface area (Å²) in [7, 11) is 0. The molecule has 3 rings (SSSR count). The maximum atomic E-state index is 13.0. The van der Waals surface area contributed by atoms with Gasteiger partial charge in [-0.3, -0.25) is 9.59 Å². The SMILES string of the molecule is C[C@@H](Sc1ccccc1)C(=O)Nc1ccccc1C(=O)N1CCCCCC1. The van der Waals surface area contributed by atoms with Gasteiger partial charge in [0.15, 0.2) is 0 Å². The summed E-state index contributed by atoms with van der Waals surface area (Å²) in [4.78, 5) is 28.6. The van der Waals surface area contributed by atoms with Crippen LogP contribution in [0.4, 0.5) is 5.69 Å². The van der Waals surface area contributed by atoms with Gasteiger partial charge in [0.1, 0.15) is 0 Å². The molecule has 2 aromatic rings. The molecular weight excluding hydrogens is 356 g/mol. The standard InChI is InChI=1S/C22H26N2O2S/c1-17(27-18-11-5-4-6-12-18)21(25)23-20-14-8-7-13-19(20)22(26)24-15-9-2-3-10-16-24/h4-8,11-14,17H,2-3,9-10,15-16H2,1H3,(H,23,25)/t17-/m1/s1. The van der Waals surface area contributed by atoms with Gasteiger partial charge in [-0.05, 0) is 44.0 Å². The lowest BCUT2D eigenvalue weighted by molar-refractivity contribution is -0.115. The first-order valence-corrected chi connectivity index (χ1v) is 10.4. The van der Waals surface area contributed by atoms with Crippen molar-refractivity contribution in [1.82, 2.24) is 4.90 Å². The van der Waals surface area contributed by atoms with Crippen molar-refractivity contribution in [2.45, 2.75) is 42.8 Å². The first-order valence-electron chi connectivity index (χ1n) is 9.56. The van der Waals surface area contributed by atoms with E-state index in [4.69, 9.17) is 0 Å². The van der Waals surface area contributed by atoms with Gasteiger partial charge >= 0.3 is 0 Å². The lowest BCUT2D eigenvalue weighted by Gasteiger charge is -2.22. The van der Waals surface area contributed by atoms with Gasteiger partial charge in [-0.15, -0.1) is 11.8 Å². The van der Waals surface area contributed by atoms with E-state index < -0.39 is 0 Å². The van der Waals surface area contributed by atoms with Crippen LogP contribution in [0.3, 0.4) is 0 Å². The van der Waals surface area contributed by atoms with Crippen molar-refractivity contribution in [3.63, 3.8) is 0 Å².